The van der Waals surface area contributed by atoms with Gasteiger partial charge in [0.1, 0.15) is 5.69 Å². The molecule has 6 nitrogen and oxygen atoms in total. The summed E-state index contributed by atoms with van der Waals surface area (Å²) in [5.41, 5.74) is 4.65. The van der Waals surface area contributed by atoms with Gasteiger partial charge in [0.2, 0.25) is 0 Å². The molecule has 3 heterocycles. The molecule has 1 N–H and O–H groups in total. The summed E-state index contributed by atoms with van der Waals surface area (Å²) >= 11 is 2.72. The number of hydrogen-bond donors (Lipinski definition) is 1. The summed E-state index contributed by atoms with van der Waals surface area (Å²) in [5.74, 6) is 0.210. The van der Waals surface area contributed by atoms with Gasteiger partial charge >= 0.3 is 0 Å². The zero-order valence-electron chi connectivity index (χ0n) is 14.6. The van der Waals surface area contributed by atoms with Gasteiger partial charge in [0.25, 0.3) is 5.91 Å². The van der Waals surface area contributed by atoms with Crippen molar-refractivity contribution in [2.24, 2.45) is 0 Å². The minimum atomic E-state index is -0.297. The number of nitrogens with zero attached hydrogens (tertiary/aromatic N) is 4. The number of carbonyl (C=O) groups is 1. The number of anilines is 1. The lowest BCUT2D eigenvalue weighted by Crippen LogP contribution is -2.12. The molecule has 134 valence electrons. The van der Waals surface area contributed by atoms with E-state index < -0.39 is 0 Å². The van der Waals surface area contributed by atoms with E-state index in [9.17, 15) is 4.79 Å². The third kappa shape index (κ3) is 3.76. The molecule has 0 fully saturated rings. The number of thiazole rings is 2. The Balaban J connectivity index is 1.50. The molecule has 3 aromatic heterocycles. The zero-order chi connectivity index (χ0) is 18.8. The van der Waals surface area contributed by atoms with E-state index in [1.54, 1.807) is 23.8 Å². The third-order valence-corrected chi connectivity index (χ3v) is 5.62. The van der Waals surface area contributed by atoms with Gasteiger partial charge < -0.3 is 0 Å². The molecule has 0 spiro atoms. The molecule has 0 aliphatic carbocycles. The average Bonchev–Trinajstić information content (AvgIpc) is 3.34. The van der Waals surface area contributed by atoms with Crippen molar-refractivity contribution in [1.29, 1.82) is 0 Å². The van der Waals surface area contributed by atoms with E-state index >= 15 is 0 Å². The highest BCUT2D eigenvalue weighted by atomic mass is 32.1. The van der Waals surface area contributed by atoms with E-state index in [0.29, 0.717) is 21.7 Å². The van der Waals surface area contributed by atoms with E-state index in [-0.39, 0.29) is 5.91 Å². The summed E-state index contributed by atoms with van der Waals surface area (Å²) in [5, 5.41) is 7.59. The summed E-state index contributed by atoms with van der Waals surface area (Å²) in [6.45, 7) is 4.15. The minimum Gasteiger partial charge on any atom is -0.296 e. The lowest BCUT2D eigenvalue weighted by atomic mass is 10.1. The summed E-state index contributed by atoms with van der Waals surface area (Å²) < 4.78 is 0. The van der Waals surface area contributed by atoms with E-state index in [1.165, 1.54) is 33.8 Å². The lowest BCUT2D eigenvalue weighted by Gasteiger charge is -2.02. The molecule has 1 aromatic carbocycles. The van der Waals surface area contributed by atoms with Gasteiger partial charge in [-0.25, -0.2) is 19.9 Å². The molecule has 0 aliphatic rings. The van der Waals surface area contributed by atoms with Crippen LogP contribution in [-0.4, -0.2) is 25.8 Å². The number of aromatic nitrogens is 4. The molecule has 0 saturated carbocycles. The summed E-state index contributed by atoms with van der Waals surface area (Å²) in [4.78, 5) is 29.6. The minimum absolute atomic E-state index is 0.297. The first kappa shape index (κ1) is 17.4. The number of amides is 1. The Morgan fingerprint density at radius 3 is 2.59 bits per heavy atom. The average molecular weight is 393 g/mol. The SMILES string of the molecule is Cc1ccc(-c2csc(NC(=O)c3csc(-c4ncccn4)n3)n2)cc1C. The van der Waals surface area contributed by atoms with Crippen molar-refractivity contribution in [1.82, 2.24) is 19.9 Å². The van der Waals surface area contributed by atoms with Crippen molar-refractivity contribution < 1.29 is 4.79 Å². The van der Waals surface area contributed by atoms with Gasteiger partial charge in [0.05, 0.1) is 5.69 Å². The number of benzene rings is 1. The topological polar surface area (TPSA) is 80.7 Å². The smallest absolute Gasteiger partial charge is 0.276 e. The largest absolute Gasteiger partial charge is 0.296 e. The number of carbonyl (C=O) groups excluding carboxylic acids is 1. The molecule has 0 saturated heterocycles. The molecule has 4 aromatic rings. The fourth-order valence-electron chi connectivity index (χ4n) is 2.42. The van der Waals surface area contributed by atoms with Crippen LogP contribution in [0.5, 0.6) is 0 Å². The Morgan fingerprint density at radius 1 is 1.00 bits per heavy atom. The Morgan fingerprint density at radius 2 is 1.81 bits per heavy atom. The van der Waals surface area contributed by atoms with Crippen molar-refractivity contribution in [3.05, 3.63) is 64.2 Å². The van der Waals surface area contributed by atoms with Crippen molar-refractivity contribution in [3.63, 3.8) is 0 Å². The Bertz CT molecular complexity index is 1100. The van der Waals surface area contributed by atoms with E-state index in [0.717, 1.165) is 11.3 Å². The molecule has 8 heteroatoms. The van der Waals surface area contributed by atoms with Gasteiger partial charge in [-0.15, -0.1) is 22.7 Å². The molecular weight excluding hydrogens is 378 g/mol. The van der Waals surface area contributed by atoms with Crippen LogP contribution in [0, 0.1) is 13.8 Å². The standard InChI is InChI=1S/C19H15N5OS2/c1-11-4-5-13(8-12(11)2)14-9-27-19(23-14)24-17(25)15-10-26-18(22-15)16-20-6-3-7-21-16/h3-10H,1-2H3,(H,23,24,25). The molecule has 0 atom stereocenters. The fourth-order valence-corrected chi connectivity index (χ4v) is 3.88. The predicted molar refractivity (Wildman–Crippen MR) is 108 cm³/mol. The summed E-state index contributed by atoms with van der Waals surface area (Å²) in [6.07, 6.45) is 3.29. The number of aryl methyl sites for hydroxylation is 2. The first-order chi connectivity index (χ1) is 13.1. The fraction of sp³-hybridized carbons (Fsp3) is 0.105. The van der Waals surface area contributed by atoms with Gasteiger partial charge in [-0.3, -0.25) is 10.1 Å². The molecule has 4 rings (SSSR count). The van der Waals surface area contributed by atoms with Crippen LogP contribution in [0.4, 0.5) is 5.13 Å². The Labute approximate surface area is 164 Å². The van der Waals surface area contributed by atoms with Crippen LogP contribution in [0.3, 0.4) is 0 Å². The van der Waals surface area contributed by atoms with Crippen LogP contribution < -0.4 is 5.32 Å². The highest BCUT2D eigenvalue weighted by Crippen LogP contribution is 2.27. The second kappa shape index (κ2) is 7.34. The van der Waals surface area contributed by atoms with Crippen molar-refractivity contribution in [2.75, 3.05) is 5.32 Å². The molecule has 0 unspecified atom stereocenters. The van der Waals surface area contributed by atoms with Gasteiger partial charge in [-0.2, -0.15) is 0 Å². The molecule has 0 aliphatic heterocycles. The lowest BCUT2D eigenvalue weighted by molar-refractivity contribution is 0.102. The van der Waals surface area contributed by atoms with Crippen molar-refractivity contribution in [3.8, 4) is 22.1 Å². The van der Waals surface area contributed by atoms with Crippen molar-refractivity contribution in [2.45, 2.75) is 13.8 Å². The van der Waals surface area contributed by atoms with Crippen LogP contribution in [0.1, 0.15) is 21.6 Å². The van der Waals surface area contributed by atoms with Crippen molar-refractivity contribution >= 4 is 33.7 Å². The Kier molecular flexibility index (Phi) is 4.74. The highest BCUT2D eigenvalue weighted by molar-refractivity contribution is 7.14. The van der Waals surface area contributed by atoms with Crippen LogP contribution in [-0.2, 0) is 0 Å². The van der Waals surface area contributed by atoms with Gasteiger partial charge in [0.15, 0.2) is 16.0 Å². The van der Waals surface area contributed by atoms with E-state index in [2.05, 4.69) is 51.2 Å². The summed E-state index contributed by atoms with van der Waals surface area (Å²) in [6, 6.07) is 7.95. The maximum absolute atomic E-state index is 12.5. The molecule has 1 amide bonds. The molecule has 27 heavy (non-hydrogen) atoms. The second-order valence-corrected chi connectivity index (χ2v) is 7.62. The van der Waals surface area contributed by atoms with Crippen LogP contribution in [0.25, 0.3) is 22.1 Å². The first-order valence-electron chi connectivity index (χ1n) is 8.17. The number of hydrogen-bond acceptors (Lipinski definition) is 7. The molecule has 0 bridgehead atoms. The quantitative estimate of drug-likeness (QED) is 0.548. The number of nitrogens with one attached hydrogen (secondary N) is 1. The second-order valence-electron chi connectivity index (χ2n) is 5.90. The van der Waals surface area contributed by atoms with Crippen LogP contribution in [0.15, 0.2) is 47.4 Å². The Hall–Kier alpha value is -2.97. The first-order valence-corrected chi connectivity index (χ1v) is 9.93. The monoisotopic (exact) mass is 393 g/mol. The maximum atomic E-state index is 12.5. The highest BCUT2D eigenvalue weighted by Gasteiger charge is 2.15. The summed E-state index contributed by atoms with van der Waals surface area (Å²) in [7, 11) is 0. The zero-order valence-corrected chi connectivity index (χ0v) is 16.3. The predicted octanol–water partition coefficient (Wildman–Crippen LogP) is 4.59. The van der Waals surface area contributed by atoms with Gasteiger partial charge in [-0.05, 0) is 37.1 Å². The molecular formula is C19H15N5OS2. The van der Waals surface area contributed by atoms with Gasteiger partial charge in [0, 0.05) is 28.7 Å². The maximum Gasteiger partial charge on any atom is 0.276 e. The van der Waals surface area contributed by atoms with Crippen LogP contribution in [0.2, 0.25) is 0 Å². The number of rotatable bonds is 4. The third-order valence-electron chi connectivity index (χ3n) is 4.02. The van der Waals surface area contributed by atoms with E-state index in [4.69, 9.17) is 0 Å². The normalized spacial score (nSPS) is 10.7. The van der Waals surface area contributed by atoms with Crippen LogP contribution >= 0.6 is 22.7 Å². The van der Waals surface area contributed by atoms with E-state index in [1.807, 2.05) is 11.4 Å². The molecule has 0 radical (unpaired) electrons. The van der Waals surface area contributed by atoms with Gasteiger partial charge in [-0.1, -0.05) is 12.1 Å².